The summed E-state index contributed by atoms with van der Waals surface area (Å²) in [5, 5.41) is 26.8. The van der Waals surface area contributed by atoms with Crippen molar-refractivity contribution in [3.05, 3.63) is 35.9 Å². The van der Waals surface area contributed by atoms with Gasteiger partial charge in [-0.15, -0.1) is 0 Å². The molecule has 21 nitrogen and oxygen atoms in total. The van der Waals surface area contributed by atoms with Gasteiger partial charge in [-0.1, -0.05) is 85.7 Å². The van der Waals surface area contributed by atoms with Crippen molar-refractivity contribution in [1.82, 2.24) is 53.2 Å². The molecular formula is C53H90N10O11. The first kappa shape index (κ1) is 65.7. The van der Waals surface area contributed by atoms with E-state index in [0.29, 0.717) is 0 Å². The summed E-state index contributed by atoms with van der Waals surface area (Å²) < 4.78 is 5.38. The molecule has 0 aliphatic rings. The molecule has 0 radical (unpaired) electrons. The highest BCUT2D eigenvalue weighted by atomic mass is 16.5. The molecule has 0 aromatic heterocycles. The first-order chi connectivity index (χ1) is 33.2. The molecule has 1 aromatic carbocycles. The number of amides is 10. The van der Waals surface area contributed by atoms with E-state index in [0.717, 1.165) is 5.56 Å². The van der Waals surface area contributed by atoms with Crippen LogP contribution < -0.4 is 53.2 Å². The summed E-state index contributed by atoms with van der Waals surface area (Å²) >= 11 is 0. The molecule has 74 heavy (non-hydrogen) atoms. The lowest BCUT2D eigenvalue weighted by Gasteiger charge is -2.41. The molecule has 1 aromatic rings. The minimum atomic E-state index is -1.70. The van der Waals surface area contributed by atoms with Gasteiger partial charge < -0.3 is 57.9 Å². The predicted molar refractivity (Wildman–Crippen MR) is 282 cm³/mol. The van der Waals surface area contributed by atoms with Crippen LogP contribution in [0.5, 0.6) is 0 Å². The van der Waals surface area contributed by atoms with Crippen molar-refractivity contribution in [1.29, 1.82) is 0 Å². The SMILES string of the molecule is CNC(=O)[C@@](C)(NC(=O)[C@@](C)(NC(=O)C(C)(C)NC(=O)C(C)(C)NC(=O)C(C)(C)NC(=O)C(C)(C)NC(=O)C(C)(C)NC(=O)[C@@](C)(NC(=O)[C@@](C)(NC(=O)OCc1ccccc1)C(C)C)C(C)C)C(C)C)C(C)C. The van der Waals surface area contributed by atoms with Gasteiger partial charge in [0, 0.05) is 7.05 Å². The molecule has 4 atom stereocenters. The third-order valence-electron chi connectivity index (χ3n) is 14.4. The zero-order valence-corrected chi connectivity index (χ0v) is 48.4. The minimum Gasteiger partial charge on any atom is -0.445 e. The van der Waals surface area contributed by atoms with Crippen LogP contribution >= 0.6 is 0 Å². The van der Waals surface area contributed by atoms with Crippen molar-refractivity contribution in [3.63, 3.8) is 0 Å². The summed E-state index contributed by atoms with van der Waals surface area (Å²) in [6, 6.07) is 9.00. The monoisotopic (exact) mass is 1040 g/mol. The standard InChI is InChI=1S/C53H90N10O11/c1-30(2)50(19,40(69)54-23)61-42(71)52(21,32(5)6)60-39(68)49(17,18)58-37(66)47(13,14)56-35(64)45(9,10)55-36(65)46(11,12)57-38(67)48(15,16)59-41(70)51(20,31(3)4)62-43(72)53(22,33(7)8)63-44(73)74-29-34-27-25-24-26-28-34/h24-28,30-33H,29H2,1-23H3,(H,54,69)(H,55,65)(H,56,64)(H,57,67)(H,58,66)(H,59,70)(H,60,68)(H,61,71)(H,62,72)(H,63,73)/t50-,51-,52-,53-/m0/s1. The maximum Gasteiger partial charge on any atom is 0.408 e. The molecule has 0 fully saturated rings. The Hall–Kier alpha value is -6.28. The van der Waals surface area contributed by atoms with Gasteiger partial charge in [0.1, 0.15) is 56.5 Å². The number of rotatable bonds is 24. The second kappa shape index (κ2) is 23.9. The van der Waals surface area contributed by atoms with Gasteiger partial charge >= 0.3 is 6.09 Å². The predicted octanol–water partition coefficient (Wildman–Crippen LogP) is 3.14. The van der Waals surface area contributed by atoms with Crippen molar-refractivity contribution >= 4 is 59.3 Å². The van der Waals surface area contributed by atoms with E-state index in [1.54, 1.807) is 86.6 Å². The van der Waals surface area contributed by atoms with Crippen molar-refractivity contribution in [3.8, 4) is 0 Å². The molecule has 0 aliphatic carbocycles. The Labute approximate surface area is 439 Å². The second-order valence-corrected chi connectivity index (χ2v) is 24.0. The largest absolute Gasteiger partial charge is 0.445 e. The van der Waals surface area contributed by atoms with Gasteiger partial charge in [0.2, 0.25) is 53.2 Å². The van der Waals surface area contributed by atoms with Crippen LogP contribution in [0.1, 0.15) is 158 Å². The summed E-state index contributed by atoms with van der Waals surface area (Å²) in [5.74, 6) is -8.20. The highest BCUT2D eigenvalue weighted by Crippen LogP contribution is 2.26. The van der Waals surface area contributed by atoms with Gasteiger partial charge in [-0.25, -0.2) is 4.79 Å². The lowest BCUT2D eigenvalue weighted by Crippen LogP contribution is -2.71. The quantitative estimate of drug-likeness (QED) is 0.0718. The van der Waals surface area contributed by atoms with Crippen molar-refractivity contribution in [2.24, 2.45) is 23.7 Å². The van der Waals surface area contributed by atoms with E-state index in [1.165, 1.54) is 97.1 Å². The Morgan fingerprint density at radius 1 is 0.351 bits per heavy atom. The highest BCUT2D eigenvalue weighted by Gasteiger charge is 2.50. The number of nitrogens with one attached hydrogen (secondary N) is 10. The van der Waals surface area contributed by atoms with E-state index in [2.05, 4.69) is 53.2 Å². The van der Waals surface area contributed by atoms with Crippen LogP contribution in [0, 0.1) is 23.7 Å². The van der Waals surface area contributed by atoms with Gasteiger partial charge in [-0.05, 0) is 126 Å². The number of likely N-dealkylation sites (N-methyl/N-ethyl adjacent to an activating group) is 1. The number of hydrogen-bond acceptors (Lipinski definition) is 11. The van der Waals surface area contributed by atoms with Crippen LogP contribution in [-0.4, -0.2) is 116 Å². The van der Waals surface area contributed by atoms with Gasteiger partial charge in [-0.3, -0.25) is 43.2 Å². The molecule has 0 saturated carbocycles. The Bertz CT molecular complexity index is 2270. The molecule has 1 rings (SSSR count). The molecule has 0 spiro atoms. The average molecular weight is 1040 g/mol. The van der Waals surface area contributed by atoms with Crippen LogP contribution in [-0.2, 0) is 54.5 Å². The van der Waals surface area contributed by atoms with Gasteiger partial charge in [0.15, 0.2) is 0 Å². The molecule has 0 unspecified atom stereocenters. The number of ether oxygens (including phenoxy) is 1. The Kier molecular flexibility index (Phi) is 21.3. The highest BCUT2D eigenvalue weighted by molar-refractivity contribution is 6.03. The Morgan fingerprint density at radius 3 is 0.865 bits per heavy atom. The van der Waals surface area contributed by atoms with Crippen LogP contribution in [0.15, 0.2) is 30.3 Å². The Balaban J connectivity index is 3.16. The molecule has 0 heterocycles. The lowest BCUT2D eigenvalue weighted by molar-refractivity contribution is -0.144. The molecule has 418 valence electrons. The topological polar surface area (TPSA) is 300 Å². The van der Waals surface area contributed by atoms with E-state index < -0.39 is 127 Å². The maximum absolute atomic E-state index is 14.2. The van der Waals surface area contributed by atoms with Crippen molar-refractivity contribution in [2.75, 3.05) is 7.05 Å². The fourth-order valence-electron chi connectivity index (χ4n) is 6.67. The molecule has 10 amide bonds. The van der Waals surface area contributed by atoms with E-state index in [4.69, 9.17) is 4.74 Å². The lowest BCUT2D eigenvalue weighted by atomic mass is 9.82. The zero-order chi connectivity index (χ0) is 58.2. The van der Waals surface area contributed by atoms with Crippen LogP contribution in [0.4, 0.5) is 4.79 Å². The first-order valence-electron chi connectivity index (χ1n) is 25.1. The minimum absolute atomic E-state index is 0.0346. The third-order valence-corrected chi connectivity index (χ3v) is 14.4. The number of alkyl carbamates (subject to hydrolysis) is 1. The fraction of sp³-hybridized carbons (Fsp3) is 0.698. The number of carbonyl (C=O) groups excluding carboxylic acids is 10. The van der Waals surface area contributed by atoms with E-state index in [1.807, 2.05) is 6.07 Å². The summed E-state index contributed by atoms with van der Waals surface area (Å²) in [6.07, 6.45) is -0.842. The molecular weight excluding hydrogens is 953 g/mol. The molecule has 10 N–H and O–H groups in total. The van der Waals surface area contributed by atoms with Gasteiger partial charge in [0.05, 0.1) is 0 Å². The first-order valence-corrected chi connectivity index (χ1v) is 25.1. The molecule has 21 heteroatoms. The summed E-state index contributed by atoms with van der Waals surface area (Å²) in [5.41, 5.74) is -13.7. The van der Waals surface area contributed by atoms with Crippen LogP contribution in [0.25, 0.3) is 0 Å². The molecule has 0 bridgehead atoms. The van der Waals surface area contributed by atoms with Gasteiger partial charge in [0.25, 0.3) is 0 Å². The Morgan fingerprint density at radius 2 is 0.581 bits per heavy atom. The summed E-state index contributed by atoms with van der Waals surface area (Å²) in [6.45, 7) is 33.9. The van der Waals surface area contributed by atoms with E-state index in [-0.39, 0.29) is 12.5 Å². The van der Waals surface area contributed by atoms with E-state index >= 15 is 0 Å². The van der Waals surface area contributed by atoms with Crippen molar-refractivity contribution < 1.29 is 52.7 Å². The van der Waals surface area contributed by atoms with E-state index in [9.17, 15) is 47.9 Å². The molecule has 0 aliphatic heterocycles. The second-order valence-electron chi connectivity index (χ2n) is 24.0. The maximum atomic E-state index is 14.2. The smallest absolute Gasteiger partial charge is 0.408 e. The normalized spacial score (nSPS) is 15.7. The summed E-state index contributed by atoms with van der Waals surface area (Å²) in [7, 11) is 1.46. The zero-order valence-electron chi connectivity index (χ0n) is 48.4. The number of hydrogen-bond donors (Lipinski definition) is 10. The van der Waals surface area contributed by atoms with Crippen LogP contribution in [0.2, 0.25) is 0 Å². The van der Waals surface area contributed by atoms with Crippen molar-refractivity contribution in [2.45, 2.75) is 209 Å². The summed E-state index contributed by atoms with van der Waals surface area (Å²) in [4.78, 5) is 137. The van der Waals surface area contributed by atoms with Crippen LogP contribution in [0.3, 0.4) is 0 Å². The average Bonchev–Trinajstić information content (AvgIpc) is 3.26. The fourth-order valence-corrected chi connectivity index (χ4v) is 6.67. The number of benzene rings is 1. The third kappa shape index (κ3) is 15.9. The van der Waals surface area contributed by atoms with Gasteiger partial charge in [-0.2, -0.15) is 0 Å². The number of carbonyl (C=O) groups is 10. The molecule has 0 saturated heterocycles.